The van der Waals surface area contributed by atoms with Crippen LogP contribution in [0.1, 0.15) is 38.2 Å². The molecule has 0 bridgehead atoms. The van der Waals surface area contributed by atoms with Gasteiger partial charge in [0.05, 0.1) is 24.4 Å². The minimum absolute atomic E-state index is 0.357. The standard InChI is InChI=1S/C24H32BrN3O4S/c1-4-5-6-7-12-30-19-8-10-20(11-9-19)31-13-14-32-23-21(25)15-18(16-22(23)29-3)17-27-28-24(33)26-2/h8-11,15-17H,4-7,12-14H2,1-3H3,(H2,26,28,33)/b27-17-. The second-order valence-corrected chi connectivity index (χ2v) is 8.32. The van der Waals surface area contributed by atoms with Gasteiger partial charge in [0.15, 0.2) is 16.6 Å². The third kappa shape index (κ3) is 9.88. The van der Waals surface area contributed by atoms with Crippen LogP contribution >= 0.6 is 28.1 Å². The van der Waals surface area contributed by atoms with E-state index in [0.29, 0.717) is 29.8 Å². The first-order chi connectivity index (χ1) is 16.1. The minimum atomic E-state index is 0.357. The second kappa shape index (κ2) is 15.3. The van der Waals surface area contributed by atoms with E-state index in [1.54, 1.807) is 20.4 Å². The molecule has 180 valence electrons. The third-order valence-corrected chi connectivity index (χ3v) is 5.43. The van der Waals surface area contributed by atoms with Crippen LogP contribution in [-0.4, -0.2) is 45.3 Å². The molecule has 2 aromatic rings. The maximum atomic E-state index is 5.89. The molecule has 0 aliphatic rings. The molecule has 0 heterocycles. The Kier molecular flexibility index (Phi) is 12.4. The number of rotatable bonds is 14. The fourth-order valence-corrected chi connectivity index (χ4v) is 3.46. The summed E-state index contributed by atoms with van der Waals surface area (Å²) in [6.45, 7) is 3.70. The predicted molar refractivity (Wildman–Crippen MR) is 140 cm³/mol. The monoisotopic (exact) mass is 537 g/mol. The number of hydrogen-bond acceptors (Lipinski definition) is 6. The molecule has 0 aliphatic heterocycles. The van der Waals surface area contributed by atoms with E-state index in [2.05, 4.69) is 38.7 Å². The quantitative estimate of drug-likeness (QED) is 0.146. The van der Waals surface area contributed by atoms with Crippen LogP contribution in [0.15, 0.2) is 46.0 Å². The van der Waals surface area contributed by atoms with Gasteiger partial charge in [0.25, 0.3) is 0 Å². The van der Waals surface area contributed by atoms with Crippen molar-refractivity contribution in [3.8, 4) is 23.0 Å². The zero-order chi connectivity index (χ0) is 23.9. The Morgan fingerprint density at radius 1 is 1.00 bits per heavy atom. The molecule has 0 spiro atoms. The maximum Gasteiger partial charge on any atom is 0.186 e. The second-order valence-electron chi connectivity index (χ2n) is 7.06. The fraction of sp³-hybridized carbons (Fsp3) is 0.417. The molecule has 2 aromatic carbocycles. The van der Waals surface area contributed by atoms with Crippen molar-refractivity contribution in [2.45, 2.75) is 32.6 Å². The smallest absolute Gasteiger partial charge is 0.186 e. The van der Waals surface area contributed by atoms with E-state index < -0.39 is 0 Å². The average Bonchev–Trinajstić information content (AvgIpc) is 2.83. The lowest BCUT2D eigenvalue weighted by Gasteiger charge is -2.14. The Labute approximate surface area is 210 Å². The number of nitrogens with one attached hydrogen (secondary N) is 2. The van der Waals surface area contributed by atoms with Crippen LogP contribution in [0.25, 0.3) is 0 Å². The lowest BCUT2D eigenvalue weighted by Crippen LogP contribution is -2.28. The van der Waals surface area contributed by atoms with Gasteiger partial charge >= 0.3 is 0 Å². The Morgan fingerprint density at radius 2 is 1.67 bits per heavy atom. The van der Waals surface area contributed by atoms with Gasteiger partial charge in [-0.25, -0.2) is 0 Å². The van der Waals surface area contributed by atoms with Gasteiger partial charge in [-0.15, -0.1) is 0 Å². The van der Waals surface area contributed by atoms with Gasteiger partial charge in [-0.05, 0) is 76.5 Å². The number of halogens is 1. The first-order valence-corrected chi connectivity index (χ1v) is 12.1. The largest absolute Gasteiger partial charge is 0.494 e. The molecule has 9 heteroatoms. The van der Waals surface area contributed by atoms with Gasteiger partial charge in [0.1, 0.15) is 24.7 Å². The zero-order valence-electron chi connectivity index (χ0n) is 19.4. The number of hydrogen-bond donors (Lipinski definition) is 2. The molecule has 2 N–H and O–H groups in total. The first-order valence-electron chi connectivity index (χ1n) is 10.9. The normalized spacial score (nSPS) is 10.7. The van der Waals surface area contributed by atoms with Crippen molar-refractivity contribution in [3.63, 3.8) is 0 Å². The Balaban J connectivity index is 1.80. The van der Waals surface area contributed by atoms with Crippen molar-refractivity contribution >= 4 is 39.5 Å². The highest BCUT2D eigenvalue weighted by Crippen LogP contribution is 2.36. The van der Waals surface area contributed by atoms with Crippen molar-refractivity contribution in [1.29, 1.82) is 0 Å². The summed E-state index contributed by atoms with van der Waals surface area (Å²) in [7, 11) is 3.31. The molecular weight excluding hydrogens is 506 g/mol. The summed E-state index contributed by atoms with van der Waals surface area (Å²) >= 11 is 8.52. The van der Waals surface area contributed by atoms with Gasteiger partial charge in [0, 0.05) is 7.05 Å². The van der Waals surface area contributed by atoms with Crippen molar-refractivity contribution in [2.24, 2.45) is 5.10 Å². The summed E-state index contributed by atoms with van der Waals surface area (Å²) in [5.74, 6) is 2.81. The van der Waals surface area contributed by atoms with Crippen LogP contribution in [0.3, 0.4) is 0 Å². The topological polar surface area (TPSA) is 73.3 Å². The number of ether oxygens (including phenoxy) is 4. The van der Waals surface area contributed by atoms with Gasteiger partial charge in [0.2, 0.25) is 0 Å². The van der Waals surface area contributed by atoms with Crippen LogP contribution in [0.4, 0.5) is 0 Å². The molecule has 0 saturated carbocycles. The van der Waals surface area contributed by atoms with Gasteiger partial charge in [-0.1, -0.05) is 26.2 Å². The number of methoxy groups -OCH3 is 1. The molecule has 7 nitrogen and oxygen atoms in total. The number of unbranched alkanes of at least 4 members (excludes halogenated alkanes) is 3. The summed E-state index contributed by atoms with van der Waals surface area (Å²) in [4.78, 5) is 0. The first kappa shape index (κ1) is 26.7. The van der Waals surface area contributed by atoms with Crippen LogP contribution in [0, 0.1) is 0 Å². The van der Waals surface area contributed by atoms with Crippen molar-refractivity contribution in [3.05, 3.63) is 46.4 Å². The van der Waals surface area contributed by atoms with E-state index >= 15 is 0 Å². The number of thiocarbonyl (C=S) groups is 1. The van der Waals surface area contributed by atoms with E-state index in [-0.39, 0.29) is 0 Å². The van der Waals surface area contributed by atoms with Gasteiger partial charge in [-0.3, -0.25) is 5.43 Å². The van der Waals surface area contributed by atoms with Crippen molar-refractivity contribution in [2.75, 3.05) is 34.0 Å². The molecule has 0 fully saturated rings. The van der Waals surface area contributed by atoms with Crippen LogP contribution in [0.5, 0.6) is 23.0 Å². The average molecular weight is 539 g/mol. The van der Waals surface area contributed by atoms with Crippen LogP contribution in [-0.2, 0) is 0 Å². The van der Waals surface area contributed by atoms with Gasteiger partial charge in [-0.2, -0.15) is 5.10 Å². The Bertz CT molecular complexity index is 894. The van der Waals surface area contributed by atoms with E-state index in [0.717, 1.165) is 34.6 Å². The highest BCUT2D eigenvalue weighted by atomic mass is 79.9. The van der Waals surface area contributed by atoms with E-state index in [9.17, 15) is 0 Å². The van der Waals surface area contributed by atoms with Gasteiger partial charge < -0.3 is 24.3 Å². The molecule has 0 unspecified atom stereocenters. The van der Waals surface area contributed by atoms with E-state index in [1.807, 2.05) is 36.4 Å². The van der Waals surface area contributed by atoms with Crippen molar-refractivity contribution < 1.29 is 18.9 Å². The molecule has 0 aliphatic carbocycles. The summed E-state index contributed by atoms with van der Waals surface area (Å²) in [5, 5.41) is 7.30. The number of benzene rings is 2. The Morgan fingerprint density at radius 3 is 2.30 bits per heavy atom. The molecule has 2 rings (SSSR count). The summed E-state index contributed by atoms with van der Waals surface area (Å²) < 4.78 is 23.6. The molecule has 0 saturated heterocycles. The van der Waals surface area contributed by atoms with E-state index in [4.69, 9.17) is 31.2 Å². The molecule has 0 radical (unpaired) electrons. The minimum Gasteiger partial charge on any atom is -0.494 e. The highest BCUT2D eigenvalue weighted by Gasteiger charge is 2.11. The lowest BCUT2D eigenvalue weighted by molar-refractivity contribution is 0.210. The fourth-order valence-electron chi connectivity index (χ4n) is 2.83. The maximum absolute atomic E-state index is 5.89. The van der Waals surface area contributed by atoms with Crippen molar-refractivity contribution in [1.82, 2.24) is 10.7 Å². The number of hydrazone groups is 1. The summed E-state index contributed by atoms with van der Waals surface area (Å²) in [6, 6.07) is 11.4. The predicted octanol–water partition coefficient (Wildman–Crippen LogP) is 5.30. The molecule has 0 aromatic heterocycles. The zero-order valence-corrected chi connectivity index (χ0v) is 21.8. The highest BCUT2D eigenvalue weighted by molar-refractivity contribution is 9.10. The Hall–Kier alpha value is -2.52. The lowest BCUT2D eigenvalue weighted by atomic mass is 10.2. The number of nitrogens with zero attached hydrogens (tertiary/aromatic N) is 1. The summed E-state index contributed by atoms with van der Waals surface area (Å²) in [5.41, 5.74) is 3.53. The summed E-state index contributed by atoms with van der Waals surface area (Å²) in [6.07, 6.45) is 6.41. The molecule has 0 atom stereocenters. The van der Waals surface area contributed by atoms with Crippen LogP contribution < -0.4 is 29.7 Å². The SMILES string of the molecule is CCCCCCOc1ccc(OCCOc2c(Br)cc(/C=N\NC(=S)NC)cc2OC)cc1. The molecular formula is C24H32BrN3O4S. The third-order valence-electron chi connectivity index (χ3n) is 4.55. The van der Waals surface area contributed by atoms with Crippen LogP contribution in [0.2, 0.25) is 0 Å². The molecule has 0 amide bonds. The molecule has 33 heavy (non-hydrogen) atoms. The van der Waals surface area contributed by atoms with E-state index in [1.165, 1.54) is 19.3 Å².